The molecule has 4 rings (SSSR count). The minimum atomic E-state index is -0.134. The molecule has 3 aromatic rings. The van der Waals surface area contributed by atoms with E-state index in [1.54, 1.807) is 30.5 Å². The van der Waals surface area contributed by atoms with Crippen LogP contribution in [0, 0.1) is 12.8 Å². The Morgan fingerprint density at radius 3 is 2.33 bits per heavy atom. The first-order valence-electron chi connectivity index (χ1n) is 11.4. The van der Waals surface area contributed by atoms with Crippen LogP contribution in [0.1, 0.15) is 41.4 Å². The number of carbonyl (C=O) groups excluding carboxylic acids is 2. The Hall–Kier alpha value is -3.67. The number of piperidine rings is 1. The summed E-state index contributed by atoms with van der Waals surface area (Å²) in [7, 11) is 0. The van der Waals surface area contributed by atoms with Gasteiger partial charge in [0.05, 0.1) is 12.0 Å². The summed E-state index contributed by atoms with van der Waals surface area (Å²) in [5.74, 6) is 0.465. The number of aromatic nitrogens is 1. The highest BCUT2D eigenvalue weighted by molar-refractivity contribution is 6.08. The van der Waals surface area contributed by atoms with Crippen LogP contribution < -0.4 is 15.5 Å². The van der Waals surface area contributed by atoms with Gasteiger partial charge in [-0.3, -0.25) is 14.6 Å². The van der Waals surface area contributed by atoms with Gasteiger partial charge in [-0.2, -0.15) is 0 Å². The predicted molar refractivity (Wildman–Crippen MR) is 133 cm³/mol. The van der Waals surface area contributed by atoms with Gasteiger partial charge in [0.25, 0.3) is 5.91 Å². The number of carbonyl (C=O) groups is 2. The lowest BCUT2D eigenvalue weighted by Crippen LogP contribution is -2.34. The number of benzene rings is 2. The second kappa shape index (κ2) is 10.3. The van der Waals surface area contributed by atoms with Crippen LogP contribution >= 0.6 is 0 Å². The fourth-order valence-corrected chi connectivity index (χ4v) is 4.05. The Labute approximate surface area is 195 Å². The molecule has 33 heavy (non-hydrogen) atoms. The lowest BCUT2D eigenvalue weighted by atomic mass is 9.97. The molecule has 0 atom stereocenters. The quantitative estimate of drug-likeness (QED) is 0.560. The number of hydrogen-bond donors (Lipinski definition) is 2. The SMILES string of the molecule is Cc1ccc(C(=O)Nc2ccc(NC(=O)Cc3ccccn3)cc2)c(N2CCC(C)CC2)c1. The Bertz CT molecular complexity index is 1100. The molecule has 1 fully saturated rings. The highest BCUT2D eigenvalue weighted by Gasteiger charge is 2.21. The minimum Gasteiger partial charge on any atom is -0.371 e. The Morgan fingerprint density at radius 1 is 0.970 bits per heavy atom. The second-order valence-corrected chi connectivity index (χ2v) is 8.77. The van der Waals surface area contributed by atoms with E-state index in [1.807, 2.05) is 30.3 Å². The number of anilines is 3. The number of amides is 2. The maximum absolute atomic E-state index is 13.1. The van der Waals surface area contributed by atoms with Crippen LogP contribution in [0.2, 0.25) is 0 Å². The third-order valence-electron chi connectivity index (χ3n) is 6.02. The second-order valence-electron chi connectivity index (χ2n) is 8.77. The van der Waals surface area contributed by atoms with Crippen LogP contribution in [-0.4, -0.2) is 29.9 Å². The molecule has 2 heterocycles. The van der Waals surface area contributed by atoms with Gasteiger partial charge in [-0.05, 0) is 79.8 Å². The summed E-state index contributed by atoms with van der Waals surface area (Å²) < 4.78 is 0. The van der Waals surface area contributed by atoms with Crippen molar-refractivity contribution < 1.29 is 9.59 Å². The van der Waals surface area contributed by atoms with Gasteiger partial charge in [-0.25, -0.2) is 0 Å². The molecular weight excluding hydrogens is 412 g/mol. The van der Waals surface area contributed by atoms with Crippen LogP contribution in [0.5, 0.6) is 0 Å². The van der Waals surface area contributed by atoms with Crippen molar-refractivity contribution in [1.29, 1.82) is 0 Å². The molecule has 0 saturated carbocycles. The maximum atomic E-state index is 13.1. The van der Waals surface area contributed by atoms with E-state index in [4.69, 9.17) is 0 Å². The van der Waals surface area contributed by atoms with Gasteiger partial charge in [0.2, 0.25) is 5.91 Å². The summed E-state index contributed by atoms with van der Waals surface area (Å²) in [4.78, 5) is 31.8. The Kier molecular flexibility index (Phi) is 7.03. The largest absolute Gasteiger partial charge is 0.371 e. The van der Waals surface area contributed by atoms with E-state index < -0.39 is 0 Å². The monoisotopic (exact) mass is 442 g/mol. The van der Waals surface area contributed by atoms with Gasteiger partial charge in [0, 0.05) is 42.0 Å². The molecule has 1 aliphatic heterocycles. The molecule has 2 amide bonds. The maximum Gasteiger partial charge on any atom is 0.257 e. The highest BCUT2D eigenvalue weighted by Crippen LogP contribution is 2.28. The summed E-state index contributed by atoms with van der Waals surface area (Å²) in [5.41, 5.74) is 4.90. The van der Waals surface area contributed by atoms with Gasteiger partial charge in [0.1, 0.15) is 0 Å². The summed E-state index contributed by atoms with van der Waals surface area (Å²) in [6.45, 7) is 6.28. The van der Waals surface area contributed by atoms with Crippen molar-refractivity contribution in [1.82, 2.24) is 4.98 Å². The first-order valence-corrected chi connectivity index (χ1v) is 11.4. The van der Waals surface area contributed by atoms with E-state index in [0.717, 1.165) is 48.8 Å². The Morgan fingerprint density at radius 2 is 1.67 bits per heavy atom. The average Bonchev–Trinajstić information content (AvgIpc) is 2.81. The van der Waals surface area contributed by atoms with Crippen molar-refractivity contribution in [3.63, 3.8) is 0 Å². The smallest absolute Gasteiger partial charge is 0.257 e. The third kappa shape index (κ3) is 5.98. The molecular formula is C27H30N4O2. The topological polar surface area (TPSA) is 74.3 Å². The zero-order chi connectivity index (χ0) is 23.2. The standard InChI is InChI=1S/C27H30N4O2/c1-19-12-15-31(16-13-19)25-17-20(2)6-11-24(25)27(33)30-22-9-7-21(8-10-22)29-26(32)18-23-5-3-4-14-28-23/h3-11,14,17,19H,12-13,15-16,18H2,1-2H3,(H,29,32)(H,30,33). The highest BCUT2D eigenvalue weighted by atomic mass is 16.2. The lowest BCUT2D eigenvalue weighted by molar-refractivity contribution is -0.115. The molecule has 0 aliphatic carbocycles. The molecule has 2 N–H and O–H groups in total. The molecule has 2 aromatic carbocycles. The van der Waals surface area contributed by atoms with E-state index in [-0.39, 0.29) is 18.2 Å². The molecule has 170 valence electrons. The predicted octanol–water partition coefficient (Wildman–Crippen LogP) is 5.06. The minimum absolute atomic E-state index is 0.129. The van der Waals surface area contributed by atoms with Gasteiger partial charge < -0.3 is 15.5 Å². The van der Waals surface area contributed by atoms with Gasteiger partial charge >= 0.3 is 0 Å². The number of rotatable bonds is 6. The van der Waals surface area contributed by atoms with E-state index in [1.165, 1.54) is 0 Å². The van der Waals surface area contributed by atoms with E-state index in [0.29, 0.717) is 16.9 Å². The fourth-order valence-electron chi connectivity index (χ4n) is 4.05. The number of nitrogens with one attached hydrogen (secondary N) is 2. The third-order valence-corrected chi connectivity index (χ3v) is 6.02. The number of hydrogen-bond acceptors (Lipinski definition) is 4. The summed E-state index contributed by atoms with van der Waals surface area (Å²) in [6.07, 6.45) is 4.17. The number of nitrogens with zero attached hydrogens (tertiary/aromatic N) is 2. The van der Waals surface area contributed by atoms with E-state index in [2.05, 4.69) is 40.4 Å². The molecule has 0 radical (unpaired) electrons. The normalized spacial score (nSPS) is 14.1. The summed E-state index contributed by atoms with van der Waals surface area (Å²) in [5, 5.41) is 5.86. The fraction of sp³-hybridized carbons (Fsp3) is 0.296. The Balaban J connectivity index is 1.40. The first-order chi connectivity index (χ1) is 16.0. The lowest BCUT2D eigenvalue weighted by Gasteiger charge is -2.33. The van der Waals surface area contributed by atoms with Gasteiger partial charge in [0.15, 0.2) is 0 Å². The molecule has 6 nitrogen and oxygen atoms in total. The van der Waals surface area contributed by atoms with Crippen molar-refractivity contribution in [2.24, 2.45) is 5.92 Å². The number of pyridine rings is 1. The number of aryl methyl sites for hydroxylation is 1. The van der Waals surface area contributed by atoms with Crippen LogP contribution in [0.25, 0.3) is 0 Å². The van der Waals surface area contributed by atoms with Crippen molar-refractivity contribution >= 4 is 28.9 Å². The molecule has 0 bridgehead atoms. The zero-order valence-corrected chi connectivity index (χ0v) is 19.2. The van der Waals surface area contributed by atoms with Crippen LogP contribution in [0.4, 0.5) is 17.1 Å². The average molecular weight is 443 g/mol. The molecule has 1 aromatic heterocycles. The first kappa shape index (κ1) is 22.5. The van der Waals surface area contributed by atoms with Crippen molar-refractivity contribution in [3.05, 3.63) is 83.7 Å². The van der Waals surface area contributed by atoms with Gasteiger partial charge in [-0.1, -0.05) is 19.1 Å². The van der Waals surface area contributed by atoms with Crippen molar-refractivity contribution in [2.75, 3.05) is 28.6 Å². The van der Waals surface area contributed by atoms with Crippen LogP contribution in [0.3, 0.4) is 0 Å². The van der Waals surface area contributed by atoms with E-state index in [9.17, 15) is 9.59 Å². The molecule has 0 spiro atoms. The van der Waals surface area contributed by atoms with Crippen LogP contribution in [0.15, 0.2) is 66.9 Å². The van der Waals surface area contributed by atoms with Crippen molar-refractivity contribution in [3.8, 4) is 0 Å². The summed E-state index contributed by atoms with van der Waals surface area (Å²) in [6, 6.07) is 18.7. The van der Waals surface area contributed by atoms with E-state index >= 15 is 0 Å². The van der Waals surface area contributed by atoms with Crippen LogP contribution in [-0.2, 0) is 11.2 Å². The van der Waals surface area contributed by atoms with Crippen molar-refractivity contribution in [2.45, 2.75) is 33.1 Å². The molecule has 1 saturated heterocycles. The summed E-state index contributed by atoms with van der Waals surface area (Å²) >= 11 is 0. The molecule has 6 heteroatoms. The van der Waals surface area contributed by atoms with Gasteiger partial charge in [-0.15, -0.1) is 0 Å². The zero-order valence-electron chi connectivity index (χ0n) is 19.2. The molecule has 1 aliphatic rings. The molecule has 0 unspecified atom stereocenters.